The molecule has 0 N–H and O–H groups in total. The first kappa shape index (κ1) is 32.7. The SMILES string of the molecule is CC1(C)OB(c2ccc(C34CCC(c5ccc(-c6ccc(C78CCC(c9ccc(F)cc9)(CC7)CC8)cc6)cc5)(CC3)CC4)cc2)OC1(C)C. The first-order valence-electron chi connectivity index (χ1n) is 19.4. The molecule has 1 saturated heterocycles. The zero-order valence-corrected chi connectivity index (χ0v) is 30.5. The average molecular weight is 667 g/mol. The molecule has 4 aromatic carbocycles. The van der Waals surface area contributed by atoms with Crippen molar-refractivity contribution in [3.05, 3.63) is 125 Å². The second-order valence-corrected chi connectivity index (χ2v) is 18.0. The largest absolute Gasteiger partial charge is 0.494 e. The van der Waals surface area contributed by atoms with E-state index in [-0.39, 0.29) is 29.6 Å². The number of hydrogen-bond acceptors (Lipinski definition) is 2. The van der Waals surface area contributed by atoms with Gasteiger partial charge in [0.15, 0.2) is 0 Å². The van der Waals surface area contributed by atoms with Gasteiger partial charge in [0, 0.05) is 0 Å². The highest BCUT2D eigenvalue weighted by molar-refractivity contribution is 6.62. The molecule has 2 nitrogen and oxygen atoms in total. The topological polar surface area (TPSA) is 18.5 Å². The molecule has 4 bridgehead atoms. The molecule has 50 heavy (non-hydrogen) atoms. The quantitative estimate of drug-likeness (QED) is 0.191. The molecule has 11 rings (SSSR count). The lowest BCUT2D eigenvalue weighted by molar-refractivity contribution is 0.00578. The summed E-state index contributed by atoms with van der Waals surface area (Å²) in [4.78, 5) is 0. The Morgan fingerprint density at radius 3 is 0.960 bits per heavy atom. The molecule has 258 valence electrons. The molecule has 0 atom stereocenters. The van der Waals surface area contributed by atoms with Crippen molar-refractivity contribution in [3.63, 3.8) is 0 Å². The minimum absolute atomic E-state index is 0.131. The summed E-state index contributed by atoms with van der Waals surface area (Å²) in [7, 11) is -0.299. The summed E-state index contributed by atoms with van der Waals surface area (Å²) in [5, 5.41) is 0. The lowest BCUT2D eigenvalue weighted by atomic mass is 9.50. The van der Waals surface area contributed by atoms with Gasteiger partial charge in [-0.05, 0) is 177 Å². The summed E-state index contributed by atoms with van der Waals surface area (Å²) >= 11 is 0. The normalized spacial score (nSPS) is 32.4. The van der Waals surface area contributed by atoms with Crippen molar-refractivity contribution in [1.82, 2.24) is 0 Å². The van der Waals surface area contributed by atoms with Gasteiger partial charge in [0.1, 0.15) is 5.82 Å². The highest BCUT2D eigenvalue weighted by Gasteiger charge is 2.53. The smallest absolute Gasteiger partial charge is 0.399 e. The highest BCUT2D eigenvalue weighted by Crippen LogP contribution is 2.60. The van der Waals surface area contributed by atoms with Gasteiger partial charge < -0.3 is 9.31 Å². The Morgan fingerprint density at radius 2 is 0.660 bits per heavy atom. The zero-order chi connectivity index (χ0) is 34.4. The van der Waals surface area contributed by atoms with Gasteiger partial charge in [0.2, 0.25) is 0 Å². The van der Waals surface area contributed by atoms with E-state index in [9.17, 15) is 4.39 Å². The first-order valence-corrected chi connectivity index (χ1v) is 19.4. The van der Waals surface area contributed by atoms with E-state index < -0.39 is 0 Å². The van der Waals surface area contributed by atoms with E-state index in [0.29, 0.717) is 16.2 Å². The molecule has 1 aliphatic heterocycles. The van der Waals surface area contributed by atoms with E-state index in [0.717, 1.165) is 5.46 Å². The van der Waals surface area contributed by atoms with Crippen molar-refractivity contribution < 1.29 is 13.7 Å². The van der Waals surface area contributed by atoms with Crippen LogP contribution in [0.5, 0.6) is 0 Å². The van der Waals surface area contributed by atoms with Gasteiger partial charge in [-0.3, -0.25) is 0 Å². The average Bonchev–Trinajstić information content (AvgIpc) is 3.39. The number of rotatable bonds is 6. The Hall–Kier alpha value is -3.21. The molecular weight excluding hydrogens is 614 g/mol. The predicted molar refractivity (Wildman–Crippen MR) is 203 cm³/mol. The number of fused-ring (bicyclic) bond motifs is 6. The summed E-state index contributed by atoms with van der Waals surface area (Å²) in [5.41, 5.74) is 10.2. The molecule has 7 fully saturated rings. The third kappa shape index (κ3) is 5.10. The standard InChI is InChI=1S/C46H52BFO2/c1-41(2)42(3,4)50-47(49-41)39-17-13-37(14-18-39)45-27-21-43(22-28-45,23-29-45)35-9-5-33(6-10-35)34-7-11-36(12-8-34)44-24-30-46(31-25-44,32-26-44)38-15-19-40(48)20-16-38/h5-20H,21-32H2,1-4H3. The molecule has 0 amide bonds. The Balaban J connectivity index is 0.845. The second kappa shape index (κ2) is 11.4. The third-order valence-corrected chi connectivity index (χ3v) is 15.3. The second-order valence-electron chi connectivity index (χ2n) is 18.0. The van der Waals surface area contributed by atoms with Crippen LogP contribution < -0.4 is 5.46 Å². The predicted octanol–water partition coefficient (Wildman–Crippen LogP) is 10.9. The summed E-state index contributed by atoms with van der Waals surface area (Å²) in [5.74, 6) is -0.131. The monoisotopic (exact) mass is 666 g/mol. The van der Waals surface area contributed by atoms with E-state index in [1.54, 1.807) is 12.1 Å². The number of benzene rings is 4. The van der Waals surface area contributed by atoms with Gasteiger partial charge in [0.25, 0.3) is 0 Å². The molecule has 1 heterocycles. The van der Waals surface area contributed by atoms with Crippen LogP contribution in [0.15, 0.2) is 97.1 Å². The van der Waals surface area contributed by atoms with Gasteiger partial charge in [-0.25, -0.2) is 4.39 Å². The maximum atomic E-state index is 13.6. The van der Waals surface area contributed by atoms with Crippen molar-refractivity contribution in [1.29, 1.82) is 0 Å². The van der Waals surface area contributed by atoms with Crippen LogP contribution in [0.25, 0.3) is 11.1 Å². The molecule has 6 saturated carbocycles. The maximum absolute atomic E-state index is 13.6. The fourth-order valence-corrected chi connectivity index (χ4v) is 10.9. The zero-order valence-electron chi connectivity index (χ0n) is 30.5. The van der Waals surface area contributed by atoms with Crippen LogP contribution in [0.4, 0.5) is 4.39 Å². The van der Waals surface area contributed by atoms with Crippen LogP contribution >= 0.6 is 0 Å². The van der Waals surface area contributed by atoms with E-state index in [2.05, 4.69) is 100 Å². The Labute approximate surface area is 299 Å². The molecule has 7 aliphatic rings. The van der Waals surface area contributed by atoms with E-state index in [1.165, 1.54) is 110 Å². The summed E-state index contributed by atoms with van der Waals surface area (Å²) < 4.78 is 26.2. The van der Waals surface area contributed by atoms with Gasteiger partial charge in [0.05, 0.1) is 11.2 Å². The molecule has 0 aromatic heterocycles. The third-order valence-electron chi connectivity index (χ3n) is 15.3. The van der Waals surface area contributed by atoms with E-state index in [4.69, 9.17) is 9.31 Å². The van der Waals surface area contributed by atoms with Crippen molar-refractivity contribution >= 4 is 12.6 Å². The van der Waals surface area contributed by atoms with Crippen LogP contribution in [0.3, 0.4) is 0 Å². The fraction of sp³-hybridized carbons (Fsp3) is 0.478. The Morgan fingerprint density at radius 1 is 0.400 bits per heavy atom. The Kier molecular flexibility index (Phi) is 7.45. The number of halogens is 1. The Bertz CT molecular complexity index is 1810. The molecule has 4 heteroatoms. The van der Waals surface area contributed by atoms with Gasteiger partial charge in [-0.1, -0.05) is 84.9 Å². The summed E-state index contributed by atoms with van der Waals surface area (Å²) in [6, 6.07) is 35.8. The fourth-order valence-electron chi connectivity index (χ4n) is 10.9. The first-order chi connectivity index (χ1) is 23.9. The molecule has 0 radical (unpaired) electrons. The molecule has 0 unspecified atom stereocenters. The number of hydrogen-bond donors (Lipinski definition) is 0. The van der Waals surface area contributed by atoms with Crippen LogP contribution in [0.1, 0.15) is 127 Å². The van der Waals surface area contributed by atoms with Crippen LogP contribution in [-0.4, -0.2) is 18.3 Å². The van der Waals surface area contributed by atoms with Gasteiger partial charge in [-0.15, -0.1) is 0 Å². The lowest BCUT2D eigenvalue weighted by Gasteiger charge is -2.54. The van der Waals surface area contributed by atoms with Crippen molar-refractivity contribution in [2.75, 3.05) is 0 Å². The molecule has 4 aromatic rings. The van der Waals surface area contributed by atoms with Crippen molar-refractivity contribution in [3.8, 4) is 11.1 Å². The maximum Gasteiger partial charge on any atom is 0.494 e. The van der Waals surface area contributed by atoms with Gasteiger partial charge >= 0.3 is 7.12 Å². The van der Waals surface area contributed by atoms with Crippen molar-refractivity contribution in [2.45, 2.75) is 138 Å². The van der Waals surface area contributed by atoms with E-state index >= 15 is 0 Å². The van der Waals surface area contributed by atoms with Crippen molar-refractivity contribution in [2.24, 2.45) is 0 Å². The summed E-state index contributed by atoms with van der Waals surface area (Å²) in [6.45, 7) is 8.48. The van der Waals surface area contributed by atoms with Gasteiger partial charge in [-0.2, -0.15) is 0 Å². The molecule has 0 spiro atoms. The minimum Gasteiger partial charge on any atom is -0.399 e. The van der Waals surface area contributed by atoms with E-state index in [1.807, 2.05) is 12.1 Å². The highest BCUT2D eigenvalue weighted by atomic mass is 19.1. The lowest BCUT2D eigenvalue weighted by Crippen LogP contribution is -2.46. The van der Waals surface area contributed by atoms with Crippen LogP contribution in [0, 0.1) is 5.82 Å². The molecular formula is C46H52BFO2. The molecule has 6 aliphatic carbocycles. The van der Waals surface area contributed by atoms with Crippen LogP contribution in [-0.2, 0) is 31.0 Å². The minimum atomic E-state index is -0.318. The van der Waals surface area contributed by atoms with Crippen LogP contribution in [0.2, 0.25) is 0 Å². The summed E-state index contributed by atoms with van der Waals surface area (Å²) in [6.07, 6.45) is 14.9.